The number of halogens is 2. The molecule has 1 aromatic carbocycles. The van der Waals surface area contributed by atoms with E-state index in [1.54, 1.807) is 4.90 Å². The first-order valence-corrected chi connectivity index (χ1v) is 6.80. The van der Waals surface area contributed by atoms with Crippen molar-refractivity contribution < 1.29 is 18.7 Å². The highest BCUT2D eigenvalue weighted by Gasteiger charge is 2.16. The molecule has 1 N–H and O–H groups in total. The lowest BCUT2D eigenvalue weighted by Gasteiger charge is -2.26. The van der Waals surface area contributed by atoms with Gasteiger partial charge in [0.15, 0.2) is 11.6 Å². The van der Waals surface area contributed by atoms with Crippen molar-refractivity contribution in [2.24, 2.45) is 0 Å². The molecule has 0 heterocycles. The van der Waals surface area contributed by atoms with E-state index in [2.05, 4.69) is 0 Å². The summed E-state index contributed by atoms with van der Waals surface area (Å²) in [6, 6.07) is 3.73. The van der Waals surface area contributed by atoms with Gasteiger partial charge in [0.2, 0.25) is 5.91 Å². The van der Waals surface area contributed by atoms with E-state index >= 15 is 0 Å². The first-order valence-electron chi connectivity index (χ1n) is 6.80. The number of aryl methyl sites for hydroxylation is 1. The number of aliphatic hydroxyl groups is 1. The first kappa shape index (κ1) is 16.6. The minimum atomic E-state index is -0.893. The number of aliphatic hydroxyl groups excluding tert-OH is 1. The lowest BCUT2D eigenvalue weighted by molar-refractivity contribution is -0.133. The molecule has 0 fully saturated rings. The zero-order valence-corrected chi connectivity index (χ0v) is 11.9. The van der Waals surface area contributed by atoms with Crippen molar-refractivity contribution >= 4 is 5.91 Å². The molecule has 0 bridgehead atoms. The number of amides is 1. The van der Waals surface area contributed by atoms with Crippen LogP contribution in [0.4, 0.5) is 8.78 Å². The number of rotatable bonds is 7. The smallest absolute Gasteiger partial charge is 0.223 e. The fourth-order valence-corrected chi connectivity index (χ4v) is 2.00. The van der Waals surface area contributed by atoms with E-state index in [1.807, 2.05) is 13.8 Å². The largest absolute Gasteiger partial charge is 0.396 e. The number of nitrogens with zero attached hydrogens (tertiary/aromatic N) is 1. The van der Waals surface area contributed by atoms with Crippen LogP contribution >= 0.6 is 0 Å². The molecule has 0 unspecified atom stereocenters. The summed E-state index contributed by atoms with van der Waals surface area (Å²) < 4.78 is 25.9. The fraction of sp³-hybridized carbons (Fsp3) is 0.533. The Morgan fingerprint density at radius 3 is 2.55 bits per heavy atom. The highest BCUT2D eigenvalue weighted by molar-refractivity contribution is 5.76. The standard InChI is InChI=1S/C15H21F2NO2/c1-11(2)18(8-3-9-19)15(20)7-5-12-4-6-13(16)14(17)10-12/h4,6,10-11,19H,3,5,7-9H2,1-2H3. The van der Waals surface area contributed by atoms with Gasteiger partial charge in [0.25, 0.3) is 0 Å². The molecule has 1 aromatic rings. The molecule has 0 aliphatic rings. The minimum Gasteiger partial charge on any atom is -0.396 e. The lowest BCUT2D eigenvalue weighted by Crippen LogP contribution is -2.38. The Bertz CT molecular complexity index is 449. The van der Waals surface area contributed by atoms with Crippen molar-refractivity contribution in [2.45, 2.75) is 39.2 Å². The summed E-state index contributed by atoms with van der Waals surface area (Å²) in [5.41, 5.74) is 0.600. The van der Waals surface area contributed by atoms with Gasteiger partial charge in [-0.05, 0) is 44.4 Å². The lowest BCUT2D eigenvalue weighted by atomic mass is 10.1. The van der Waals surface area contributed by atoms with Crippen LogP contribution in [0, 0.1) is 11.6 Å². The molecule has 0 aliphatic carbocycles. The van der Waals surface area contributed by atoms with Crippen LogP contribution in [-0.2, 0) is 11.2 Å². The molecule has 112 valence electrons. The molecular formula is C15H21F2NO2. The van der Waals surface area contributed by atoms with Crippen LogP contribution in [0.3, 0.4) is 0 Å². The Morgan fingerprint density at radius 1 is 1.30 bits per heavy atom. The van der Waals surface area contributed by atoms with Gasteiger partial charge < -0.3 is 10.0 Å². The summed E-state index contributed by atoms with van der Waals surface area (Å²) >= 11 is 0. The summed E-state index contributed by atoms with van der Waals surface area (Å²) in [5, 5.41) is 8.83. The molecule has 0 aliphatic heterocycles. The third kappa shape index (κ3) is 4.89. The zero-order chi connectivity index (χ0) is 15.1. The van der Waals surface area contributed by atoms with E-state index in [-0.39, 0.29) is 25.0 Å². The predicted octanol–water partition coefficient (Wildman–Crippen LogP) is 2.52. The summed E-state index contributed by atoms with van der Waals surface area (Å²) in [7, 11) is 0. The van der Waals surface area contributed by atoms with E-state index in [4.69, 9.17) is 5.11 Å². The average molecular weight is 285 g/mol. The normalized spacial score (nSPS) is 10.9. The molecule has 1 rings (SSSR count). The predicted molar refractivity (Wildman–Crippen MR) is 73.2 cm³/mol. The Kier molecular flexibility index (Phi) is 6.58. The summed E-state index contributed by atoms with van der Waals surface area (Å²) in [5.74, 6) is -1.82. The first-order chi connectivity index (χ1) is 9.45. The van der Waals surface area contributed by atoms with Crippen molar-refractivity contribution in [1.82, 2.24) is 4.90 Å². The van der Waals surface area contributed by atoms with Gasteiger partial charge in [-0.2, -0.15) is 0 Å². The summed E-state index contributed by atoms with van der Waals surface area (Å²) in [6.07, 6.45) is 1.15. The molecule has 3 nitrogen and oxygen atoms in total. The van der Waals surface area contributed by atoms with Gasteiger partial charge in [-0.15, -0.1) is 0 Å². The summed E-state index contributed by atoms with van der Waals surface area (Å²) in [4.78, 5) is 13.8. The Balaban J connectivity index is 2.57. The highest BCUT2D eigenvalue weighted by Crippen LogP contribution is 2.12. The van der Waals surface area contributed by atoms with Crippen LogP contribution in [0.1, 0.15) is 32.3 Å². The second kappa shape index (κ2) is 7.94. The van der Waals surface area contributed by atoms with E-state index in [9.17, 15) is 13.6 Å². The molecule has 0 spiro atoms. The van der Waals surface area contributed by atoms with Crippen molar-refractivity contribution in [3.63, 3.8) is 0 Å². The molecule has 0 saturated heterocycles. The molecule has 1 amide bonds. The summed E-state index contributed by atoms with van der Waals surface area (Å²) in [6.45, 7) is 4.37. The highest BCUT2D eigenvalue weighted by atomic mass is 19.2. The minimum absolute atomic E-state index is 0.0413. The number of carbonyl (C=O) groups excluding carboxylic acids is 1. The van der Waals surface area contributed by atoms with Gasteiger partial charge in [-0.3, -0.25) is 4.79 Å². The second-order valence-electron chi connectivity index (χ2n) is 5.01. The monoisotopic (exact) mass is 285 g/mol. The van der Waals surface area contributed by atoms with Gasteiger partial charge >= 0.3 is 0 Å². The maximum Gasteiger partial charge on any atom is 0.223 e. The van der Waals surface area contributed by atoms with Gasteiger partial charge in [-0.25, -0.2) is 8.78 Å². The molecule has 0 radical (unpaired) electrons. The van der Waals surface area contributed by atoms with Crippen LogP contribution in [0.2, 0.25) is 0 Å². The number of carbonyl (C=O) groups is 1. The van der Waals surface area contributed by atoms with Gasteiger partial charge in [0.1, 0.15) is 0 Å². The molecule has 0 aromatic heterocycles. The van der Waals surface area contributed by atoms with Crippen LogP contribution in [0.5, 0.6) is 0 Å². The Morgan fingerprint density at radius 2 is 2.00 bits per heavy atom. The van der Waals surface area contributed by atoms with Crippen molar-refractivity contribution in [3.05, 3.63) is 35.4 Å². The maximum atomic E-state index is 13.1. The zero-order valence-electron chi connectivity index (χ0n) is 11.9. The van der Waals surface area contributed by atoms with E-state index < -0.39 is 11.6 Å². The number of hydrogen-bond donors (Lipinski definition) is 1. The average Bonchev–Trinajstić information content (AvgIpc) is 2.40. The SMILES string of the molecule is CC(C)N(CCCO)C(=O)CCc1ccc(F)c(F)c1. The van der Waals surface area contributed by atoms with Crippen molar-refractivity contribution in [1.29, 1.82) is 0 Å². The van der Waals surface area contributed by atoms with Crippen LogP contribution < -0.4 is 0 Å². The van der Waals surface area contributed by atoms with Crippen molar-refractivity contribution in [2.75, 3.05) is 13.2 Å². The number of hydrogen-bond acceptors (Lipinski definition) is 2. The molecule has 20 heavy (non-hydrogen) atoms. The molecular weight excluding hydrogens is 264 g/mol. The van der Waals surface area contributed by atoms with Gasteiger partial charge in [-0.1, -0.05) is 6.07 Å². The quantitative estimate of drug-likeness (QED) is 0.836. The topological polar surface area (TPSA) is 40.5 Å². The van der Waals surface area contributed by atoms with Crippen LogP contribution in [0.25, 0.3) is 0 Å². The molecule has 5 heteroatoms. The molecule has 0 saturated carbocycles. The second-order valence-corrected chi connectivity index (χ2v) is 5.01. The molecule has 0 atom stereocenters. The Labute approximate surface area is 118 Å². The Hall–Kier alpha value is -1.49. The van der Waals surface area contributed by atoms with Gasteiger partial charge in [0, 0.05) is 25.6 Å². The third-order valence-electron chi connectivity index (χ3n) is 3.11. The maximum absolute atomic E-state index is 13.1. The van der Waals surface area contributed by atoms with Crippen LogP contribution in [0.15, 0.2) is 18.2 Å². The van der Waals surface area contributed by atoms with Gasteiger partial charge in [0.05, 0.1) is 0 Å². The third-order valence-corrected chi connectivity index (χ3v) is 3.11. The van der Waals surface area contributed by atoms with E-state index in [1.165, 1.54) is 6.07 Å². The van der Waals surface area contributed by atoms with Crippen molar-refractivity contribution in [3.8, 4) is 0 Å². The fourth-order valence-electron chi connectivity index (χ4n) is 2.00. The van der Waals surface area contributed by atoms with E-state index in [0.717, 1.165) is 12.1 Å². The number of benzene rings is 1. The van der Waals surface area contributed by atoms with Crippen LogP contribution in [-0.4, -0.2) is 35.1 Å². The van der Waals surface area contributed by atoms with E-state index in [0.29, 0.717) is 24.9 Å².